The van der Waals surface area contributed by atoms with E-state index in [-0.39, 0.29) is 11.6 Å². The van der Waals surface area contributed by atoms with Crippen molar-refractivity contribution in [1.82, 2.24) is 14.8 Å². The molecule has 0 bridgehead atoms. The average Bonchev–Trinajstić information content (AvgIpc) is 3.39. The van der Waals surface area contributed by atoms with E-state index in [1.165, 1.54) is 23.3 Å². The van der Waals surface area contributed by atoms with E-state index in [1.54, 1.807) is 12.3 Å². The van der Waals surface area contributed by atoms with Crippen LogP contribution in [0.3, 0.4) is 0 Å². The Morgan fingerprint density at radius 1 is 1.13 bits per heavy atom. The molecule has 30 heavy (non-hydrogen) atoms. The van der Waals surface area contributed by atoms with Gasteiger partial charge in [-0.2, -0.15) is 0 Å². The number of rotatable bonds is 4. The van der Waals surface area contributed by atoms with Gasteiger partial charge < -0.3 is 14.6 Å². The topological polar surface area (TPSA) is 91.7 Å². The third kappa shape index (κ3) is 3.39. The quantitative estimate of drug-likeness (QED) is 0.531. The number of piperazine rings is 1. The summed E-state index contributed by atoms with van der Waals surface area (Å²) in [5, 5.41) is 11.7. The largest absolute Gasteiger partial charge is 0.493 e. The second-order valence-corrected chi connectivity index (χ2v) is 7.80. The molecule has 0 unspecified atom stereocenters. The maximum Gasteiger partial charge on any atom is 0.270 e. The molecule has 8 heteroatoms. The fraction of sp³-hybridized carbons (Fsp3) is 0.318. The third-order valence-corrected chi connectivity index (χ3v) is 5.93. The molecular formula is C22H22N4O4. The Hall–Kier alpha value is -3.39. The van der Waals surface area contributed by atoms with Gasteiger partial charge in [-0.05, 0) is 23.3 Å². The first kappa shape index (κ1) is 18.6. The van der Waals surface area contributed by atoms with Crippen molar-refractivity contribution in [2.45, 2.75) is 13.0 Å². The van der Waals surface area contributed by atoms with Crippen LogP contribution in [0.5, 0.6) is 5.75 Å². The Balaban J connectivity index is 1.25. The molecule has 2 aliphatic rings. The number of non-ortho nitro benzene ring substituents is 1. The molecule has 1 fully saturated rings. The third-order valence-electron chi connectivity index (χ3n) is 5.93. The zero-order valence-corrected chi connectivity index (χ0v) is 16.5. The molecular weight excluding hydrogens is 384 g/mol. The summed E-state index contributed by atoms with van der Waals surface area (Å²) in [5.74, 6) is 0.907. The molecule has 2 aliphatic heterocycles. The van der Waals surface area contributed by atoms with E-state index in [0.717, 1.165) is 43.9 Å². The predicted molar refractivity (Wildman–Crippen MR) is 112 cm³/mol. The minimum atomic E-state index is -0.440. The summed E-state index contributed by atoms with van der Waals surface area (Å²) >= 11 is 0. The molecule has 1 N–H and O–H groups in total. The number of nitro groups is 1. The molecule has 2 aromatic carbocycles. The zero-order valence-electron chi connectivity index (χ0n) is 16.5. The maximum absolute atomic E-state index is 13.1. The Kier molecular flexibility index (Phi) is 4.63. The molecule has 0 atom stereocenters. The Bertz CT molecular complexity index is 1130. The number of amides is 1. The zero-order chi connectivity index (χ0) is 20.7. The smallest absolute Gasteiger partial charge is 0.270 e. The average molecular weight is 406 g/mol. The SMILES string of the molecule is O=C(c1c[nH]c2ccc([N+](=O)[O-])cc12)N1CCN(Cc2ccc3c(c2)CCO3)CC1. The first-order valence-corrected chi connectivity index (χ1v) is 10.1. The van der Waals surface area contributed by atoms with Crippen LogP contribution in [-0.2, 0) is 13.0 Å². The molecule has 1 saturated heterocycles. The number of fused-ring (bicyclic) bond motifs is 2. The van der Waals surface area contributed by atoms with Crippen molar-refractivity contribution in [2.75, 3.05) is 32.8 Å². The van der Waals surface area contributed by atoms with Gasteiger partial charge in [0.25, 0.3) is 11.6 Å². The molecule has 8 nitrogen and oxygen atoms in total. The number of carbonyl (C=O) groups excluding carboxylic acids is 1. The predicted octanol–water partition coefficient (Wildman–Crippen LogP) is 2.97. The number of nitrogens with zero attached hydrogens (tertiary/aromatic N) is 3. The Morgan fingerprint density at radius 3 is 2.77 bits per heavy atom. The highest BCUT2D eigenvalue weighted by molar-refractivity contribution is 6.07. The van der Waals surface area contributed by atoms with Crippen LogP contribution in [0.1, 0.15) is 21.5 Å². The van der Waals surface area contributed by atoms with Gasteiger partial charge in [0.1, 0.15) is 5.75 Å². The molecule has 0 spiro atoms. The number of aromatic nitrogens is 1. The number of hydrogen-bond acceptors (Lipinski definition) is 5. The molecule has 0 aliphatic carbocycles. The lowest BCUT2D eigenvalue weighted by Crippen LogP contribution is -2.48. The number of hydrogen-bond donors (Lipinski definition) is 1. The van der Waals surface area contributed by atoms with Gasteiger partial charge in [0.05, 0.1) is 17.1 Å². The molecule has 5 rings (SSSR count). The highest BCUT2D eigenvalue weighted by Crippen LogP contribution is 2.27. The number of ether oxygens (including phenoxy) is 1. The molecule has 1 amide bonds. The molecule has 3 heterocycles. The van der Waals surface area contributed by atoms with E-state index >= 15 is 0 Å². The number of nitrogens with one attached hydrogen (secondary N) is 1. The number of carbonyl (C=O) groups is 1. The highest BCUT2D eigenvalue weighted by Gasteiger charge is 2.25. The molecule has 0 radical (unpaired) electrons. The van der Waals surface area contributed by atoms with Crippen molar-refractivity contribution in [1.29, 1.82) is 0 Å². The van der Waals surface area contributed by atoms with Crippen molar-refractivity contribution in [3.8, 4) is 5.75 Å². The van der Waals surface area contributed by atoms with Gasteiger partial charge in [0.15, 0.2) is 0 Å². The minimum absolute atomic E-state index is 0.0132. The van der Waals surface area contributed by atoms with Crippen LogP contribution in [-0.4, -0.2) is 58.4 Å². The van der Waals surface area contributed by atoms with E-state index in [9.17, 15) is 14.9 Å². The van der Waals surface area contributed by atoms with Crippen LogP contribution in [0.25, 0.3) is 10.9 Å². The van der Waals surface area contributed by atoms with Crippen LogP contribution in [0.15, 0.2) is 42.6 Å². The number of aromatic amines is 1. The van der Waals surface area contributed by atoms with Crippen LogP contribution >= 0.6 is 0 Å². The summed E-state index contributed by atoms with van der Waals surface area (Å²) in [5.41, 5.74) is 3.74. The fourth-order valence-corrected chi connectivity index (χ4v) is 4.28. The van der Waals surface area contributed by atoms with Crippen molar-refractivity contribution in [3.05, 3.63) is 69.4 Å². The Labute approximate surface area is 173 Å². The first-order valence-electron chi connectivity index (χ1n) is 10.1. The van der Waals surface area contributed by atoms with E-state index in [0.29, 0.717) is 24.0 Å². The number of benzene rings is 2. The molecule has 0 saturated carbocycles. The number of nitro benzene ring substituents is 1. The lowest BCUT2D eigenvalue weighted by molar-refractivity contribution is -0.384. The van der Waals surface area contributed by atoms with Gasteiger partial charge in [-0.25, -0.2) is 0 Å². The van der Waals surface area contributed by atoms with Crippen LogP contribution in [0, 0.1) is 10.1 Å². The number of H-pyrrole nitrogens is 1. The monoisotopic (exact) mass is 406 g/mol. The highest BCUT2D eigenvalue weighted by atomic mass is 16.6. The van der Waals surface area contributed by atoms with Gasteiger partial charge in [-0.15, -0.1) is 0 Å². The van der Waals surface area contributed by atoms with Crippen LogP contribution in [0.4, 0.5) is 5.69 Å². The Morgan fingerprint density at radius 2 is 1.97 bits per heavy atom. The van der Waals surface area contributed by atoms with Crippen LogP contribution < -0.4 is 4.74 Å². The van der Waals surface area contributed by atoms with E-state index in [1.807, 2.05) is 11.0 Å². The van der Waals surface area contributed by atoms with Gasteiger partial charge in [0, 0.05) is 68.4 Å². The fourth-order valence-electron chi connectivity index (χ4n) is 4.28. The molecule has 154 valence electrons. The van der Waals surface area contributed by atoms with Crippen molar-refractivity contribution < 1.29 is 14.5 Å². The minimum Gasteiger partial charge on any atom is -0.493 e. The van der Waals surface area contributed by atoms with E-state index in [2.05, 4.69) is 22.0 Å². The van der Waals surface area contributed by atoms with Gasteiger partial charge in [-0.3, -0.25) is 19.8 Å². The van der Waals surface area contributed by atoms with Crippen molar-refractivity contribution in [2.24, 2.45) is 0 Å². The molecule has 1 aromatic heterocycles. The summed E-state index contributed by atoms with van der Waals surface area (Å²) in [6.07, 6.45) is 2.62. The lowest BCUT2D eigenvalue weighted by Gasteiger charge is -2.34. The van der Waals surface area contributed by atoms with Gasteiger partial charge >= 0.3 is 0 Å². The summed E-state index contributed by atoms with van der Waals surface area (Å²) < 4.78 is 5.57. The lowest BCUT2D eigenvalue weighted by atomic mass is 10.1. The van der Waals surface area contributed by atoms with E-state index < -0.39 is 4.92 Å². The summed E-state index contributed by atoms with van der Waals surface area (Å²) in [4.78, 5) is 30.9. The summed E-state index contributed by atoms with van der Waals surface area (Å²) in [6, 6.07) is 10.9. The van der Waals surface area contributed by atoms with Crippen molar-refractivity contribution in [3.63, 3.8) is 0 Å². The normalized spacial score (nSPS) is 16.5. The maximum atomic E-state index is 13.1. The standard InChI is InChI=1S/C22H22N4O4/c27-22(19-13-23-20-3-2-17(26(28)29)12-18(19)20)25-8-6-24(7-9-25)14-15-1-4-21-16(11-15)5-10-30-21/h1-4,11-13,23H,5-10,14H2. The van der Waals surface area contributed by atoms with Crippen molar-refractivity contribution >= 4 is 22.5 Å². The van der Waals surface area contributed by atoms with Gasteiger partial charge in [0.2, 0.25) is 0 Å². The van der Waals surface area contributed by atoms with Crippen LogP contribution in [0.2, 0.25) is 0 Å². The second kappa shape index (κ2) is 7.46. The van der Waals surface area contributed by atoms with E-state index in [4.69, 9.17) is 4.74 Å². The second-order valence-electron chi connectivity index (χ2n) is 7.80. The van der Waals surface area contributed by atoms with Gasteiger partial charge in [-0.1, -0.05) is 12.1 Å². The summed E-state index contributed by atoms with van der Waals surface area (Å²) in [7, 11) is 0. The summed E-state index contributed by atoms with van der Waals surface area (Å²) in [6.45, 7) is 4.47. The molecule has 3 aromatic rings. The first-order chi connectivity index (χ1) is 14.6.